The van der Waals surface area contributed by atoms with Gasteiger partial charge in [-0.15, -0.1) is 0 Å². The average Bonchev–Trinajstić information content (AvgIpc) is 1.15. The fourth-order valence-electron chi connectivity index (χ4n) is 14.9. The maximum absolute atomic E-state index is 7.06. The lowest BCUT2D eigenvalue weighted by molar-refractivity contribution is 0.487. The molecule has 18 rings (SSSR count). The predicted molar refractivity (Wildman–Crippen MR) is 351 cm³/mol. The molecule has 0 amide bonds. The van der Waals surface area contributed by atoms with Crippen molar-refractivity contribution in [3.8, 4) is 112 Å². The summed E-state index contributed by atoms with van der Waals surface area (Å²) in [6.45, 7) is -0.243. The Balaban J connectivity index is 1.12. The minimum absolute atomic E-state index is 0.121. The van der Waals surface area contributed by atoms with E-state index in [1.54, 1.807) is 0 Å². The van der Waals surface area contributed by atoms with Gasteiger partial charge in [0.1, 0.15) is 23.0 Å². The van der Waals surface area contributed by atoms with Crippen molar-refractivity contribution in [1.29, 1.82) is 0 Å². The number of benzene rings is 14. The number of halogens is 2. The van der Waals surface area contributed by atoms with E-state index in [1.807, 2.05) is 0 Å². The third-order valence-corrected chi connectivity index (χ3v) is 19.0. The zero-order chi connectivity index (χ0) is 53.9. The van der Waals surface area contributed by atoms with Gasteiger partial charge in [-0.05, 0) is 192 Å². The SMILES string of the molecule is Brc1cc2c3c(c1)-c1cc(-c4c(-c5ccccc5)cccc4-c4ccccc4)c4cc5c6c(cc(-c7c(-c8ccccc8)cccc7-c7ccccc7)c7cc(c1c4c76)B3c1ccccc1O2)-c1cc(Br)cc2c1B5c1ccccc1O2. The molecular weight excluding hydrogens is 1130 g/mol. The van der Waals surface area contributed by atoms with Gasteiger partial charge in [0, 0.05) is 8.95 Å². The van der Waals surface area contributed by atoms with Crippen LogP contribution in [0.3, 0.4) is 0 Å². The number of para-hydroxylation sites is 2. The van der Waals surface area contributed by atoms with Crippen molar-refractivity contribution in [2.75, 3.05) is 0 Å². The Morgan fingerprint density at radius 3 is 0.951 bits per heavy atom. The van der Waals surface area contributed by atoms with Crippen LogP contribution in [0.15, 0.2) is 264 Å². The van der Waals surface area contributed by atoms with Crippen LogP contribution in [0.2, 0.25) is 0 Å². The third kappa shape index (κ3) is 6.59. The molecular formula is C76H42B2Br2O2. The van der Waals surface area contributed by atoms with Gasteiger partial charge in [0.25, 0.3) is 13.4 Å². The monoisotopic (exact) mass is 1170 g/mol. The highest BCUT2D eigenvalue weighted by Gasteiger charge is 2.45. The molecule has 0 aromatic heterocycles. The first-order valence-electron chi connectivity index (χ1n) is 28.1. The highest BCUT2D eigenvalue weighted by atomic mass is 79.9. The van der Waals surface area contributed by atoms with Crippen molar-refractivity contribution in [3.05, 3.63) is 264 Å². The minimum atomic E-state index is -0.121. The molecule has 14 aromatic carbocycles. The second-order valence-electron chi connectivity index (χ2n) is 22.3. The molecule has 0 atom stereocenters. The summed E-state index contributed by atoms with van der Waals surface area (Å²) in [5.41, 5.74) is 26.2. The van der Waals surface area contributed by atoms with Crippen LogP contribution in [-0.2, 0) is 0 Å². The van der Waals surface area contributed by atoms with Gasteiger partial charge in [0.05, 0.1) is 0 Å². The lowest BCUT2D eigenvalue weighted by Crippen LogP contribution is -2.58. The smallest absolute Gasteiger partial charge is 0.252 e. The van der Waals surface area contributed by atoms with Crippen LogP contribution < -0.4 is 42.3 Å². The Hall–Kier alpha value is -9.19. The maximum atomic E-state index is 7.06. The van der Waals surface area contributed by atoms with Crippen LogP contribution in [0.4, 0.5) is 0 Å². The van der Waals surface area contributed by atoms with Gasteiger partial charge in [-0.1, -0.05) is 249 Å². The molecule has 0 aliphatic carbocycles. The van der Waals surface area contributed by atoms with Crippen LogP contribution >= 0.6 is 31.9 Å². The normalized spacial score (nSPS) is 12.9. The molecule has 2 nitrogen and oxygen atoms in total. The molecule has 0 N–H and O–H groups in total. The molecule has 0 spiro atoms. The van der Waals surface area contributed by atoms with Crippen LogP contribution in [0, 0.1) is 0 Å². The van der Waals surface area contributed by atoms with Crippen molar-refractivity contribution >= 4 is 110 Å². The fourth-order valence-corrected chi connectivity index (χ4v) is 15.8. The van der Waals surface area contributed by atoms with E-state index in [0.29, 0.717) is 0 Å². The van der Waals surface area contributed by atoms with E-state index < -0.39 is 0 Å². The van der Waals surface area contributed by atoms with Gasteiger partial charge in [0.15, 0.2) is 0 Å². The number of hydrogen-bond acceptors (Lipinski definition) is 2. The van der Waals surface area contributed by atoms with Crippen molar-refractivity contribution < 1.29 is 9.47 Å². The summed E-state index contributed by atoms with van der Waals surface area (Å²) in [6.07, 6.45) is 0. The largest absolute Gasteiger partial charge is 0.458 e. The van der Waals surface area contributed by atoms with E-state index in [9.17, 15) is 0 Å². The first-order valence-corrected chi connectivity index (χ1v) is 29.7. The molecule has 0 radical (unpaired) electrons. The van der Waals surface area contributed by atoms with E-state index in [1.165, 1.54) is 154 Å². The van der Waals surface area contributed by atoms with Gasteiger partial charge in [-0.25, -0.2) is 0 Å². The van der Waals surface area contributed by atoms with Crippen molar-refractivity contribution in [2.24, 2.45) is 0 Å². The average molecular weight is 1170 g/mol. The molecule has 4 heterocycles. The van der Waals surface area contributed by atoms with E-state index >= 15 is 0 Å². The Morgan fingerprint density at radius 1 is 0.244 bits per heavy atom. The van der Waals surface area contributed by atoms with E-state index in [2.05, 4.69) is 287 Å². The first-order chi connectivity index (χ1) is 40.5. The second-order valence-corrected chi connectivity index (χ2v) is 24.1. The van der Waals surface area contributed by atoms with E-state index in [0.717, 1.165) is 31.9 Å². The van der Waals surface area contributed by atoms with Crippen molar-refractivity contribution in [1.82, 2.24) is 0 Å². The van der Waals surface area contributed by atoms with Crippen LogP contribution in [-0.4, -0.2) is 13.4 Å². The molecule has 0 fully saturated rings. The zero-order valence-corrected chi connectivity index (χ0v) is 47.1. The standard InChI is InChI=1S/C76H42B2Br2O2/c79-47-35-59-55-39-53(69-49(43-19-5-1-6-20-43)27-17-28-50(69)44-21-7-2-8-22-44)57-41-63-72-56(60-36-48(80)38-68-76(60)77(63)61-31-13-15-33-65(61)82-68)40-54(70-51(45-23-9-3-10-24-45)29-18-30-52(70)46-25-11-4-12-26-46)58-42-64(71(55)73(57)74(58)72)78-62-32-14-16-34-66(62)81-67(37-47)75(59)78/h1-42H. The minimum Gasteiger partial charge on any atom is -0.458 e. The van der Waals surface area contributed by atoms with Gasteiger partial charge in [-0.3, -0.25) is 0 Å². The highest BCUT2D eigenvalue weighted by molar-refractivity contribution is 9.10. The molecule has 82 heavy (non-hydrogen) atoms. The maximum Gasteiger partial charge on any atom is 0.252 e. The summed E-state index contributed by atoms with van der Waals surface area (Å²) in [7, 11) is 0. The summed E-state index contributed by atoms with van der Waals surface area (Å²) >= 11 is 8.11. The zero-order valence-electron chi connectivity index (χ0n) is 44.0. The van der Waals surface area contributed by atoms with E-state index in [4.69, 9.17) is 9.47 Å². The predicted octanol–water partition coefficient (Wildman–Crippen LogP) is 17.3. The number of rotatable bonds is 6. The second kappa shape index (κ2) is 17.7. The third-order valence-electron chi connectivity index (χ3n) is 18.1. The molecule has 4 aliphatic rings. The topological polar surface area (TPSA) is 18.5 Å². The summed E-state index contributed by atoms with van der Waals surface area (Å²) in [6, 6.07) is 94.6. The molecule has 378 valence electrons. The molecule has 0 bridgehead atoms. The number of hydrogen-bond donors (Lipinski definition) is 0. The lowest BCUT2D eigenvalue weighted by atomic mass is 9.32. The van der Waals surface area contributed by atoms with Crippen LogP contribution in [0.25, 0.3) is 121 Å². The molecule has 4 aliphatic heterocycles. The Labute approximate surface area is 492 Å². The van der Waals surface area contributed by atoms with Crippen molar-refractivity contribution in [2.45, 2.75) is 0 Å². The fraction of sp³-hybridized carbons (Fsp3) is 0. The van der Waals surface area contributed by atoms with Gasteiger partial charge >= 0.3 is 0 Å². The van der Waals surface area contributed by atoms with Crippen LogP contribution in [0.1, 0.15) is 0 Å². The van der Waals surface area contributed by atoms with Crippen molar-refractivity contribution in [3.63, 3.8) is 0 Å². The summed E-state index contributed by atoms with van der Waals surface area (Å²) < 4.78 is 16.1. The quantitative estimate of drug-likeness (QED) is 0.122. The van der Waals surface area contributed by atoms with Gasteiger partial charge in [-0.2, -0.15) is 0 Å². The summed E-state index contributed by atoms with van der Waals surface area (Å²) in [5.74, 6) is 3.53. The first kappa shape index (κ1) is 46.5. The Kier molecular flexibility index (Phi) is 10.0. The summed E-state index contributed by atoms with van der Waals surface area (Å²) in [4.78, 5) is 0. The molecule has 0 unspecified atom stereocenters. The Bertz CT molecular complexity index is 4630. The molecule has 0 saturated carbocycles. The number of ether oxygens (including phenoxy) is 2. The summed E-state index contributed by atoms with van der Waals surface area (Å²) in [5, 5.41) is 7.56. The number of fused-ring (bicyclic) bond motifs is 8. The van der Waals surface area contributed by atoms with E-state index in [-0.39, 0.29) is 13.4 Å². The van der Waals surface area contributed by atoms with Crippen LogP contribution in [0.5, 0.6) is 23.0 Å². The Morgan fingerprint density at radius 2 is 0.585 bits per heavy atom. The lowest BCUT2D eigenvalue weighted by Gasteiger charge is -2.38. The molecule has 6 heteroatoms. The highest BCUT2D eigenvalue weighted by Crippen LogP contribution is 2.55. The molecule has 0 saturated heterocycles. The van der Waals surface area contributed by atoms with Gasteiger partial charge < -0.3 is 9.47 Å². The molecule has 14 aromatic rings. The van der Waals surface area contributed by atoms with Gasteiger partial charge in [0.2, 0.25) is 0 Å².